The number of carbonyl (C=O) groups excluding carboxylic acids is 2. The maximum atomic E-state index is 13.8. The first-order chi connectivity index (χ1) is 16.3. The Morgan fingerprint density at radius 1 is 1.09 bits per heavy atom. The topological polar surface area (TPSA) is 91.4 Å². The summed E-state index contributed by atoms with van der Waals surface area (Å²) in [6.45, 7) is 6.62. The number of fused-ring (bicyclic) bond motifs is 1. The van der Waals surface area contributed by atoms with E-state index in [1.54, 1.807) is 11.2 Å². The maximum Gasteiger partial charge on any atom is 0.410 e. The molecule has 2 aliphatic rings. The van der Waals surface area contributed by atoms with Gasteiger partial charge in [0.05, 0.1) is 0 Å². The van der Waals surface area contributed by atoms with Crippen LogP contribution in [0.4, 0.5) is 10.5 Å². The molecule has 0 radical (unpaired) electrons. The fourth-order valence-corrected chi connectivity index (χ4v) is 4.83. The van der Waals surface area contributed by atoms with Crippen LogP contribution in [-0.4, -0.2) is 56.8 Å². The molecule has 0 saturated carbocycles. The minimum atomic E-state index is -0.607. The number of ether oxygens (including phenoxy) is 1. The summed E-state index contributed by atoms with van der Waals surface area (Å²) in [7, 11) is 0. The summed E-state index contributed by atoms with van der Waals surface area (Å²) in [6, 6.07) is 13.7. The van der Waals surface area contributed by atoms with E-state index in [9.17, 15) is 9.59 Å². The summed E-state index contributed by atoms with van der Waals surface area (Å²) in [5, 5.41) is 8.11. The standard InChI is InChI=1S/C26H29N5O3/c1-26(2,3)34-25(33)31-12-7-10-21(31)24(32)30-13-11-19-20(17-8-5-4-6-9-17)14-18(15-22(19)30)23-27-16-28-29-23/h4-6,8-9,14-16,21H,7,10-13H2,1-3H3,(H,27,28,29). The first-order valence-electron chi connectivity index (χ1n) is 11.7. The molecule has 1 unspecified atom stereocenters. The molecular formula is C26H29N5O3. The lowest BCUT2D eigenvalue weighted by molar-refractivity contribution is -0.122. The fourth-order valence-electron chi connectivity index (χ4n) is 4.83. The molecule has 8 heteroatoms. The number of aromatic amines is 1. The molecule has 1 aromatic heterocycles. The van der Waals surface area contributed by atoms with Gasteiger partial charge in [-0.3, -0.25) is 9.69 Å². The van der Waals surface area contributed by atoms with E-state index in [4.69, 9.17) is 4.74 Å². The monoisotopic (exact) mass is 459 g/mol. The van der Waals surface area contributed by atoms with Crippen LogP contribution in [-0.2, 0) is 16.0 Å². The minimum absolute atomic E-state index is 0.0594. The number of hydrogen-bond acceptors (Lipinski definition) is 5. The molecule has 2 aliphatic heterocycles. The van der Waals surface area contributed by atoms with Crippen molar-refractivity contribution in [3.8, 4) is 22.5 Å². The van der Waals surface area contributed by atoms with Crippen LogP contribution in [0.3, 0.4) is 0 Å². The number of hydrogen-bond donors (Lipinski definition) is 1. The number of carbonyl (C=O) groups is 2. The van der Waals surface area contributed by atoms with Gasteiger partial charge in [-0.15, -0.1) is 10.2 Å². The van der Waals surface area contributed by atoms with Gasteiger partial charge in [0.15, 0.2) is 5.82 Å². The van der Waals surface area contributed by atoms with Crippen molar-refractivity contribution in [2.45, 2.75) is 51.7 Å². The molecule has 0 spiro atoms. The smallest absolute Gasteiger partial charge is 0.410 e. The molecule has 3 aromatic rings. The molecule has 1 fully saturated rings. The maximum absolute atomic E-state index is 13.8. The highest BCUT2D eigenvalue weighted by Crippen LogP contribution is 2.40. The molecule has 2 aromatic carbocycles. The van der Waals surface area contributed by atoms with Crippen molar-refractivity contribution in [1.82, 2.24) is 20.1 Å². The van der Waals surface area contributed by atoms with Gasteiger partial charge < -0.3 is 14.6 Å². The van der Waals surface area contributed by atoms with Gasteiger partial charge in [-0.2, -0.15) is 0 Å². The van der Waals surface area contributed by atoms with E-state index in [0.29, 0.717) is 25.3 Å². The second-order valence-corrected chi connectivity index (χ2v) is 9.80. The van der Waals surface area contributed by atoms with Gasteiger partial charge in [0.25, 0.3) is 0 Å². The third kappa shape index (κ3) is 4.16. The van der Waals surface area contributed by atoms with Crippen molar-refractivity contribution in [3.05, 3.63) is 54.4 Å². The van der Waals surface area contributed by atoms with Crippen molar-refractivity contribution in [3.63, 3.8) is 0 Å². The van der Waals surface area contributed by atoms with Crippen LogP contribution < -0.4 is 4.90 Å². The quantitative estimate of drug-likeness (QED) is 0.626. The average molecular weight is 460 g/mol. The molecule has 34 heavy (non-hydrogen) atoms. The number of anilines is 1. The van der Waals surface area contributed by atoms with Crippen LogP contribution in [0, 0.1) is 0 Å². The predicted molar refractivity (Wildman–Crippen MR) is 129 cm³/mol. The van der Waals surface area contributed by atoms with Crippen LogP contribution in [0.15, 0.2) is 48.8 Å². The fraction of sp³-hybridized carbons (Fsp3) is 0.385. The number of likely N-dealkylation sites (tertiary alicyclic amines) is 1. The van der Waals surface area contributed by atoms with Crippen LogP contribution >= 0.6 is 0 Å². The molecule has 5 rings (SSSR count). The Labute approximate surface area is 198 Å². The lowest BCUT2D eigenvalue weighted by atomic mass is 9.95. The zero-order valence-corrected chi connectivity index (χ0v) is 19.7. The van der Waals surface area contributed by atoms with E-state index < -0.39 is 17.7 Å². The molecule has 176 valence electrons. The van der Waals surface area contributed by atoms with Crippen molar-refractivity contribution >= 4 is 17.7 Å². The lowest BCUT2D eigenvalue weighted by Gasteiger charge is -2.30. The Morgan fingerprint density at radius 2 is 1.88 bits per heavy atom. The number of H-pyrrole nitrogens is 1. The molecule has 1 N–H and O–H groups in total. The largest absolute Gasteiger partial charge is 0.444 e. The molecule has 1 saturated heterocycles. The Hall–Kier alpha value is -3.68. The zero-order valence-electron chi connectivity index (χ0n) is 19.7. The van der Waals surface area contributed by atoms with Gasteiger partial charge in [0, 0.05) is 24.3 Å². The number of nitrogens with one attached hydrogen (secondary N) is 1. The molecule has 0 aliphatic carbocycles. The van der Waals surface area contributed by atoms with Crippen molar-refractivity contribution < 1.29 is 14.3 Å². The number of aromatic nitrogens is 3. The first kappa shape index (κ1) is 22.1. The molecule has 8 nitrogen and oxygen atoms in total. The van der Waals surface area contributed by atoms with Gasteiger partial charge in [-0.1, -0.05) is 30.3 Å². The van der Waals surface area contributed by atoms with Crippen LogP contribution in [0.2, 0.25) is 0 Å². The first-order valence-corrected chi connectivity index (χ1v) is 11.7. The Morgan fingerprint density at radius 3 is 2.59 bits per heavy atom. The third-order valence-electron chi connectivity index (χ3n) is 6.31. The van der Waals surface area contributed by atoms with Crippen LogP contribution in [0.1, 0.15) is 39.2 Å². The van der Waals surface area contributed by atoms with Gasteiger partial charge in [-0.05, 0) is 68.9 Å². The van der Waals surface area contributed by atoms with E-state index in [0.717, 1.165) is 40.8 Å². The summed E-state index contributed by atoms with van der Waals surface area (Å²) in [5.41, 5.74) is 4.42. The van der Waals surface area contributed by atoms with Crippen molar-refractivity contribution in [1.29, 1.82) is 0 Å². The zero-order chi connectivity index (χ0) is 23.9. The molecule has 3 heterocycles. The number of amides is 2. The Bertz CT molecular complexity index is 1200. The number of benzene rings is 2. The minimum Gasteiger partial charge on any atom is -0.444 e. The third-order valence-corrected chi connectivity index (χ3v) is 6.31. The normalized spacial score (nSPS) is 17.7. The highest BCUT2D eigenvalue weighted by atomic mass is 16.6. The Balaban J connectivity index is 1.51. The molecule has 2 amide bonds. The second kappa shape index (κ2) is 8.59. The van der Waals surface area contributed by atoms with Gasteiger partial charge in [0.1, 0.15) is 18.0 Å². The molecular weight excluding hydrogens is 430 g/mol. The summed E-state index contributed by atoms with van der Waals surface area (Å²) < 4.78 is 5.58. The highest BCUT2D eigenvalue weighted by molar-refractivity contribution is 6.02. The van der Waals surface area contributed by atoms with E-state index >= 15 is 0 Å². The van der Waals surface area contributed by atoms with Gasteiger partial charge in [0.2, 0.25) is 5.91 Å². The lowest BCUT2D eigenvalue weighted by Crippen LogP contribution is -2.48. The van der Waals surface area contributed by atoms with Crippen molar-refractivity contribution in [2.75, 3.05) is 18.0 Å². The van der Waals surface area contributed by atoms with E-state index in [-0.39, 0.29) is 5.91 Å². The summed E-state index contributed by atoms with van der Waals surface area (Å²) in [4.78, 5) is 33.1. The predicted octanol–water partition coefficient (Wildman–Crippen LogP) is 4.43. The van der Waals surface area contributed by atoms with Crippen LogP contribution in [0.25, 0.3) is 22.5 Å². The number of nitrogens with zero attached hydrogens (tertiary/aromatic N) is 4. The van der Waals surface area contributed by atoms with E-state index in [1.165, 1.54) is 0 Å². The van der Waals surface area contributed by atoms with E-state index in [1.807, 2.05) is 49.9 Å². The highest BCUT2D eigenvalue weighted by Gasteiger charge is 2.41. The van der Waals surface area contributed by atoms with Crippen molar-refractivity contribution in [2.24, 2.45) is 0 Å². The van der Waals surface area contributed by atoms with Crippen LogP contribution in [0.5, 0.6) is 0 Å². The van der Waals surface area contributed by atoms with Gasteiger partial charge in [-0.25, -0.2) is 4.79 Å². The Kier molecular flexibility index (Phi) is 5.59. The summed E-state index contributed by atoms with van der Waals surface area (Å²) in [5.74, 6) is 0.589. The molecule has 1 atom stereocenters. The number of rotatable bonds is 3. The second-order valence-electron chi connectivity index (χ2n) is 9.80. The van der Waals surface area contributed by atoms with Gasteiger partial charge >= 0.3 is 6.09 Å². The average Bonchev–Trinajstić information content (AvgIpc) is 3.58. The summed E-state index contributed by atoms with van der Waals surface area (Å²) >= 11 is 0. The van der Waals surface area contributed by atoms with E-state index in [2.05, 4.69) is 33.4 Å². The summed E-state index contributed by atoms with van der Waals surface area (Å²) in [6.07, 6.45) is 3.29. The molecule has 0 bridgehead atoms. The SMILES string of the molecule is CC(C)(C)OC(=O)N1CCCC1C(=O)N1CCc2c(-c3ccccc3)cc(-c3nnc[nH]3)cc21.